The maximum absolute atomic E-state index is 11.1. The van der Waals surface area contributed by atoms with Crippen LogP contribution in [0.15, 0.2) is 24.3 Å². The summed E-state index contributed by atoms with van der Waals surface area (Å²) in [4.78, 5) is 17.4. The standard InChI is InChI=1S/C16H14O3S3/c1-9-10(18-2)6-14(20-9)12-4-5-13(21-12)15-7-11(19-3)16(8-17)22-15/h4-8H,1-3H3. The molecule has 0 N–H and O–H groups in total. The summed E-state index contributed by atoms with van der Waals surface area (Å²) in [6.07, 6.45) is 0.842. The number of rotatable bonds is 5. The minimum absolute atomic E-state index is 0.626. The number of aldehydes is 1. The van der Waals surface area contributed by atoms with E-state index in [1.807, 2.05) is 6.07 Å². The second-order valence-corrected chi connectivity index (χ2v) is 7.98. The van der Waals surface area contributed by atoms with Crippen LogP contribution >= 0.6 is 34.0 Å². The average molecular weight is 350 g/mol. The zero-order chi connectivity index (χ0) is 15.7. The van der Waals surface area contributed by atoms with E-state index in [9.17, 15) is 4.79 Å². The van der Waals surface area contributed by atoms with Crippen LogP contribution < -0.4 is 9.47 Å². The Balaban J connectivity index is 1.96. The normalized spacial score (nSPS) is 10.7. The molecule has 0 atom stereocenters. The molecule has 0 unspecified atom stereocenters. The number of aryl methyl sites for hydroxylation is 1. The van der Waals surface area contributed by atoms with E-state index in [1.165, 1.54) is 26.0 Å². The lowest BCUT2D eigenvalue weighted by Gasteiger charge is -1.93. The Morgan fingerprint density at radius 3 is 1.95 bits per heavy atom. The number of ether oxygens (including phenoxy) is 2. The number of thiophene rings is 3. The van der Waals surface area contributed by atoms with Crippen molar-refractivity contribution in [2.75, 3.05) is 14.2 Å². The smallest absolute Gasteiger partial charge is 0.163 e. The molecule has 6 heteroatoms. The second kappa shape index (κ2) is 6.24. The van der Waals surface area contributed by atoms with Gasteiger partial charge in [0.1, 0.15) is 16.4 Å². The first-order valence-corrected chi connectivity index (χ1v) is 8.99. The van der Waals surface area contributed by atoms with Crippen molar-refractivity contribution in [1.29, 1.82) is 0 Å². The molecule has 0 bridgehead atoms. The number of carbonyl (C=O) groups excluding carboxylic acids is 1. The average Bonchev–Trinajstić information content (AvgIpc) is 3.23. The van der Waals surface area contributed by atoms with Crippen molar-refractivity contribution < 1.29 is 14.3 Å². The van der Waals surface area contributed by atoms with E-state index < -0.39 is 0 Å². The minimum Gasteiger partial charge on any atom is -0.496 e. The van der Waals surface area contributed by atoms with Crippen molar-refractivity contribution in [2.45, 2.75) is 6.92 Å². The van der Waals surface area contributed by atoms with Gasteiger partial charge in [0.05, 0.1) is 14.2 Å². The van der Waals surface area contributed by atoms with Crippen LogP contribution in [0, 0.1) is 6.92 Å². The summed E-state index contributed by atoms with van der Waals surface area (Å²) in [6, 6.07) is 8.19. The molecule has 0 saturated heterocycles. The maximum atomic E-state index is 11.1. The lowest BCUT2D eigenvalue weighted by atomic mass is 10.3. The van der Waals surface area contributed by atoms with Gasteiger partial charge in [-0.05, 0) is 25.1 Å². The summed E-state index contributed by atoms with van der Waals surface area (Å²) in [6.45, 7) is 2.06. The molecule has 0 saturated carbocycles. The van der Waals surface area contributed by atoms with E-state index >= 15 is 0 Å². The quantitative estimate of drug-likeness (QED) is 0.582. The molecule has 3 aromatic rings. The predicted molar refractivity (Wildman–Crippen MR) is 94.2 cm³/mol. The molecule has 3 rings (SSSR count). The molecule has 3 aromatic heterocycles. The third kappa shape index (κ3) is 2.69. The first-order chi connectivity index (χ1) is 10.7. The Kier molecular flexibility index (Phi) is 4.33. The molecular weight excluding hydrogens is 336 g/mol. The highest BCUT2D eigenvalue weighted by molar-refractivity contribution is 7.27. The third-order valence-electron chi connectivity index (χ3n) is 3.24. The first-order valence-electron chi connectivity index (χ1n) is 6.54. The first kappa shape index (κ1) is 15.3. The van der Waals surface area contributed by atoms with Crippen LogP contribution in [0.25, 0.3) is 19.5 Å². The third-order valence-corrected chi connectivity index (χ3v) is 6.79. The molecule has 3 heterocycles. The van der Waals surface area contributed by atoms with E-state index in [4.69, 9.17) is 9.47 Å². The van der Waals surface area contributed by atoms with Crippen molar-refractivity contribution in [3.05, 3.63) is 34.0 Å². The zero-order valence-electron chi connectivity index (χ0n) is 12.3. The van der Waals surface area contributed by atoms with Gasteiger partial charge in [-0.1, -0.05) is 0 Å². The predicted octanol–water partition coefficient (Wildman–Crippen LogP) is 5.34. The molecule has 0 aromatic carbocycles. The highest BCUT2D eigenvalue weighted by atomic mass is 32.1. The molecule has 0 aliphatic rings. The lowest BCUT2D eigenvalue weighted by molar-refractivity contribution is 0.112. The SMILES string of the molecule is COc1cc(-c2ccc(-c3cc(OC)c(C=O)s3)s2)sc1C. The van der Waals surface area contributed by atoms with E-state index in [0.29, 0.717) is 10.6 Å². The number of carbonyl (C=O) groups is 1. The van der Waals surface area contributed by atoms with Gasteiger partial charge in [0.2, 0.25) is 0 Å². The summed E-state index contributed by atoms with van der Waals surface area (Å²) in [7, 11) is 3.27. The summed E-state index contributed by atoms with van der Waals surface area (Å²) in [5.41, 5.74) is 0. The van der Waals surface area contributed by atoms with Crippen LogP contribution in [-0.2, 0) is 0 Å². The van der Waals surface area contributed by atoms with E-state index in [1.54, 1.807) is 36.9 Å². The van der Waals surface area contributed by atoms with Gasteiger partial charge in [-0.25, -0.2) is 0 Å². The van der Waals surface area contributed by atoms with Gasteiger partial charge in [-0.3, -0.25) is 4.79 Å². The Labute approximate surface area is 140 Å². The second-order valence-electron chi connectivity index (χ2n) is 4.56. The summed E-state index contributed by atoms with van der Waals surface area (Å²) < 4.78 is 10.6. The summed E-state index contributed by atoms with van der Waals surface area (Å²) in [5.74, 6) is 1.56. The van der Waals surface area contributed by atoms with Gasteiger partial charge in [-0.15, -0.1) is 34.0 Å². The molecule has 0 amide bonds. The zero-order valence-corrected chi connectivity index (χ0v) is 14.8. The van der Waals surface area contributed by atoms with Gasteiger partial charge in [0, 0.05) is 30.5 Å². The fourth-order valence-electron chi connectivity index (χ4n) is 2.14. The molecule has 0 aliphatic heterocycles. The van der Waals surface area contributed by atoms with Crippen LogP contribution in [0.2, 0.25) is 0 Å². The van der Waals surface area contributed by atoms with Gasteiger partial charge in [0.25, 0.3) is 0 Å². The van der Waals surface area contributed by atoms with Crippen molar-refractivity contribution in [3.63, 3.8) is 0 Å². The Morgan fingerprint density at radius 1 is 0.864 bits per heavy atom. The van der Waals surface area contributed by atoms with Crippen molar-refractivity contribution in [2.24, 2.45) is 0 Å². The highest BCUT2D eigenvalue weighted by Crippen LogP contribution is 2.44. The highest BCUT2D eigenvalue weighted by Gasteiger charge is 2.14. The molecule has 3 nitrogen and oxygen atoms in total. The molecule has 0 aliphatic carbocycles. The molecule has 0 fully saturated rings. The summed E-state index contributed by atoms with van der Waals surface area (Å²) in [5, 5.41) is 0. The van der Waals surface area contributed by atoms with Crippen LogP contribution in [0.5, 0.6) is 11.5 Å². The Bertz CT molecular complexity index is 811. The van der Waals surface area contributed by atoms with Crippen molar-refractivity contribution in [3.8, 4) is 31.0 Å². The van der Waals surface area contributed by atoms with Crippen molar-refractivity contribution >= 4 is 40.3 Å². The van der Waals surface area contributed by atoms with Crippen LogP contribution in [0.1, 0.15) is 14.5 Å². The molecule has 0 spiro atoms. The largest absolute Gasteiger partial charge is 0.496 e. The van der Waals surface area contributed by atoms with Gasteiger partial charge in [0.15, 0.2) is 6.29 Å². The van der Waals surface area contributed by atoms with E-state index in [-0.39, 0.29) is 0 Å². The number of hydrogen-bond acceptors (Lipinski definition) is 6. The lowest BCUT2D eigenvalue weighted by Crippen LogP contribution is -1.82. The monoisotopic (exact) mass is 350 g/mol. The van der Waals surface area contributed by atoms with Gasteiger partial charge < -0.3 is 9.47 Å². The molecular formula is C16H14O3S3. The Hall–Kier alpha value is -1.63. The molecule has 0 radical (unpaired) electrons. The minimum atomic E-state index is 0.626. The van der Waals surface area contributed by atoms with Crippen LogP contribution in [0.3, 0.4) is 0 Å². The summed E-state index contributed by atoms with van der Waals surface area (Å²) >= 11 is 4.89. The van der Waals surface area contributed by atoms with Crippen molar-refractivity contribution in [1.82, 2.24) is 0 Å². The molecule has 114 valence electrons. The van der Waals surface area contributed by atoms with Crippen LogP contribution in [-0.4, -0.2) is 20.5 Å². The van der Waals surface area contributed by atoms with E-state index in [2.05, 4.69) is 25.1 Å². The van der Waals surface area contributed by atoms with Gasteiger partial charge >= 0.3 is 0 Å². The van der Waals surface area contributed by atoms with Gasteiger partial charge in [-0.2, -0.15) is 0 Å². The maximum Gasteiger partial charge on any atom is 0.163 e. The van der Waals surface area contributed by atoms with Crippen LogP contribution in [0.4, 0.5) is 0 Å². The number of hydrogen-bond donors (Lipinski definition) is 0. The molecule has 22 heavy (non-hydrogen) atoms. The van der Waals surface area contributed by atoms with E-state index in [0.717, 1.165) is 21.8 Å². The number of methoxy groups -OCH3 is 2. The fourth-order valence-corrected chi connectivity index (χ4v) is 5.24. The topological polar surface area (TPSA) is 35.5 Å². The Morgan fingerprint density at radius 2 is 1.45 bits per heavy atom. The fraction of sp³-hybridized carbons (Fsp3) is 0.188.